The smallest absolute Gasteiger partial charge is 0.224 e. The summed E-state index contributed by atoms with van der Waals surface area (Å²) in [7, 11) is 1.60. The first-order valence-electron chi connectivity index (χ1n) is 8.72. The third-order valence-electron chi connectivity index (χ3n) is 3.81. The minimum absolute atomic E-state index is 0.152. The highest BCUT2D eigenvalue weighted by Gasteiger charge is 2.10. The molecule has 0 radical (unpaired) electrons. The molecule has 0 saturated carbocycles. The Morgan fingerprint density at radius 2 is 1.93 bits per heavy atom. The number of aromatic nitrogens is 2. The second-order valence-electron chi connectivity index (χ2n) is 5.90. The van der Waals surface area contributed by atoms with Gasteiger partial charge in [0, 0.05) is 36.6 Å². The highest BCUT2D eigenvalue weighted by Crippen LogP contribution is 2.22. The van der Waals surface area contributed by atoms with Gasteiger partial charge in [0.1, 0.15) is 6.61 Å². The lowest BCUT2D eigenvalue weighted by Gasteiger charge is -2.06. The molecule has 0 unspecified atom stereocenters. The second kappa shape index (κ2) is 9.87. The minimum Gasteiger partial charge on any atom is -0.475 e. The molecule has 28 heavy (non-hydrogen) atoms. The maximum absolute atomic E-state index is 12.1. The lowest BCUT2D eigenvalue weighted by Crippen LogP contribution is -2.12. The first-order chi connectivity index (χ1) is 13.6. The molecule has 1 amide bonds. The van der Waals surface area contributed by atoms with Crippen molar-refractivity contribution in [1.82, 2.24) is 9.97 Å². The largest absolute Gasteiger partial charge is 0.475 e. The van der Waals surface area contributed by atoms with Crippen molar-refractivity contribution in [2.45, 2.75) is 12.8 Å². The van der Waals surface area contributed by atoms with Gasteiger partial charge in [-0.25, -0.2) is 9.97 Å². The normalized spacial score (nSPS) is 10.6. The summed E-state index contributed by atoms with van der Waals surface area (Å²) in [6.07, 6.45) is 3.82. The highest BCUT2D eigenvalue weighted by atomic mass is 35.5. The Morgan fingerprint density at radius 3 is 2.64 bits per heavy atom. The van der Waals surface area contributed by atoms with Crippen molar-refractivity contribution < 1.29 is 18.7 Å². The maximum atomic E-state index is 12.1. The first-order valence-corrected chi connectivity index (χ1v) is 9.10. The number of rotatable bonds is 9. The molecule has 1 N–H and O–H groups in total. The Balaban J connectivity index is 1.47. The number of ether oxygens (including phenoxy) is 2. The summed E-state index contributed by atoms with van der Waals surface area (Å²) >= 11 is 5.89. The zero-order chi connectivity index (χ0) is 19.8. The second-order valence-corrected chi connectivity index (χ2v) is 6.34. The van der Waals surface area contributed by atoms with Crippen LogP contribution < -0.4 is 10.1 Å². The SMILES string of the molecule is COCCOc1ccc(NC(=O)CCc2ncc(-c3ccc(Cl)cc3)o2)cn1. The molecule has 0 spiro atoms. The molecular weight excluding hydrogens is 382 g/mol. The van der Waals surface area contributed by atoms with Gasteiger partial charge in [-0.2, -0.15) is 0 Å². The van der Waals surface area contributed by atoms with Crippen molar-refractivity contribution in [3.05, 3.63) is 59.7 Å². The van der Waals surface area contributed by atoms with Gasteiger partial charge in [0.05, 0.1) is 24.7 Å². The van der Waals surface area contributed by atoms with Gasteiger partial charge in [-0.15, -0.1) is 0 Å². The van der Waals surface area contributed by atoms with E-state index >= 15 is 0 Å². The van der Waals surface area contributed by atoms with Crippen LogP contribution in [0.4, 0.5) is 5.69 Å². The zero-order valence-corrected chi connectivity index (χ0v) is 16.1. The molecule has 7 nitrogen and oxygen atoms in total. The van der Waals surface area contributed by atoms with E-state index in [0.717, 1.165) is 5.56 Å². The molecule has 0 atom stereocenters. The number of hydrogen-bond donors (Lipinski definition) is 1. The number of anilines is 1. The summed E-state index contributed by atoms with van der Waals surface area (Å²) in [4.78, 5) is 20.5. The van der Waals surface area contributed by atoms with E-state index in [1.165, 1.54) is 0 Å². The molecule has 0 aliphatic rings. The van der Waals surface area contributed by atoms with Gasteiger partial charge in [0.2, 0.25) is 11.8 Å². The van der Waals surface area contributed by atoms with Gasteiger partial charge in [-0.1, -0.05) is 11.6 Å². The molecule has 1 aromatic carbocycles. The molecule has 0 bridgehead atoms. The van der Waals surface area contributed by atoms with E-state index in [9.17, 15) is 4.79 Å². The Hall–Kier alpha value is -2.90. The van der Waals surface area contributed by atoms with Crippen molar-refractivity contribution in [2.75, 3.05) is 25.6 Å². The molecule has 0 aliphatic heterocycles. The van der Waals surface area contributed by atoms with E-state index in [0.29, 0.717) is 47.9 Å². The van der Waals surface area contributed by atoms with E-state index in [2.05, 4.69) is 15.3 Å². The number of methoxy groups -OCH3 is 1. The summed E-state index contributed by atoms with van der Waals surface area (Å²) in [5, 5.41) is 3.44. The number of carbonyl (C=O) groups is 1. The van der Waals surface area contributed by atoms with Gasteiger partial charge in [0.25, 0.3) is 0 Å². The molecule has 2 aromatic heterocycles. The van der Waals surface area contributed by atoms with Gasteiger partial charge in [-0.05, 0) is 30.3 Å². The number of amides is 1. The number of aryl methyl sites for hydroxylation is 1. The van der Waals surface area contributed by atoms with Crippen molar-refractivity contribution in [1.29, 1.82) is 0 Å². The lowest BCUT2D eigenvalue weighted by atomic mass is 10.2. The van der Waals surface area contributed by atoms with E-state index in [1.807, 2.05) is 12.1 Å². The van der Waals surface area contributed by atoms with Crippen LogP contribution >= 0.6 is 11.6 Å². The monoisotopic (exact) mass is 401 g/mol. The zero-order valence-electron chi connectivity index (χ0n) is 15.4. The molecule has 3 aromatic rings. The predicted molar refractivity (Wildman–Crippen MR) is 106 cm³/mol. The fourth-order valence-electron chi connectivity index (χ4n) is 2.39. The van der Waals surface area contributed by atoms with Gasteiger partial charge < -0.3 is 19.2 Å². The van der Waals surface area contributed by atoms with E-state index < -0.39 is 0 Å². The van der Waals surface area contributed by atoms with Crippen LogP contribution in [0, 0.1) is 0 Å². The molecule has 3 rings (SSSR count). The van der Waals surface area contributed by atoms with Crippen molar-refractivity contribution >= 4 is 23.2 Å². The number of halogens is 1. The number of nitrogens with one attached hydrogen (secondary N) is 1. The Morgan fingerprint density at radius 1 is 1.11 bits per heavy atom. The van der Waals surface area contributed by atoms with E-state index in [4.69, 9.17) is 25.5 Å². The van der Waals surface area contributed by atoms with Crippen molar-refractivity contribution in [2.24, 2.45) is 0 Å². The van der Waals surface area contributed by atoms with Crippen LogP contribution in [0.25, 0.3) is 11.3 Å². The summed E-state index contributed by atoms with van der Waals surface area (Å²) in [6, 6.07) is 10.7. The Labute approximate surface area is 167 Å². The Bertz CT molecular complexity index is 895. The van der Waals surface area contributed by atoms with Crippen molar-refractivity contribution in [3.8, 4) is 17.2 Å². The Kier molecular flexibility index (Phi) is 7.00. The first kappa shape index (κ1) is 19.9. The summed E-state index contributed by atoms with van der Waals surface area (Å²) in [5.41, 5.74) is 1.48. The van der Waals surface area contributed by atoms with Crippen LogP contribution in [-0.2, 0) is 16.0 Å². The van der Waals surface area contributed by atoms with Crippen LogP contribution in [0.2, 0.25) is 5.02 Å². The van der Waals surface area contributed by atoms with Crippen LogP contribution in [0.3, 0.4) is 0 Å². The maximum Gasteiger partial charge on any atom is 0.224 e. The molecule has 8 heteroatoms. The molecule has 2 heterocycles. The molecular formula is C20H20ClN3O4. The van der Waals surface area contributed by atoms with Gasteiger partial charge in [-0.3, -0.25) is 4.79 Å². The number of nitrogens with zero attached hydrogens (tertiary/aromatic N) is 2. The molecule has 0 aliphatic carbocycles. The molecule has 0 fully saturated rings. The molecule has 0 saturated heterocycles. The summed E-state index contributed by atoms with van der Waals surface area (Å²) < 4.78 is 16.0. The summed E-state index contributed by atoms with van der Waals surface area (Å²) in [6.45, 7) is 0.907. The van der Waals surface area contributed by atoms with Crippen molar-refractivity contribution in [3.63, 3.8) is 0 Å². The fraction of sp³-hybridized carbons (Fsp3) is 0.250. The minimum atomic E-state index is -0.152. The van der Waals surface area contributed by atoms with E-state index in [1.54, 1.807) is 43.8 Å². The predicted octanol–water partition coefficient (Wildman–Crippen LogP) is 3.99. The number of hydrogen-bond acceptors (Lipinski definition) is 6. The highest BCUT2D eigenvalue weighted by molar-refractivity contribution is 6.30. The number of oxazole rings is 1. The number of benzene rings is 1. The van der Waals surface area contributed by atoms with Crippen LogP contribution in [0.1, 0.15) is 12.3 Å². The average molecular weight is 402 g/mol. The fourth-order valence-corrected chi connectivity index (χ4v) is 2.51. The third-order valence-corrected chi connectivity index (χ3v) is 4.06. The number of carbonyl (C=O) groups excluding carboxylic acids is 1. The van der Waals surface area contributed by atoms with Gasteiger partial charge in [0.15, 0.2) is 11.7 Å². The topological polar surface area (TPSA) is 86.5 Å². The average Bonchev–Trinajstić information content (AvgIpc) is 3.18. The van der Waals surface area contributed by atoms with E-state index in [-0.39, 0.29) is 12.3 Å². The van der Waals surface area contributed by atoms with Crippen LogP contribution in [-0.4, -0.2) is 36.2 Å². The van der Waals surface area contributed by atoms with Crippen LogP contribution in [0.15, 0.2) is 53.2 Å². The van der Waals surface area contributed by atoms with Gasteiger partial charge >= 0.3 is 0 Å². The standard InChI is InChI=1S/C20H20ClN3O4/c1-26-10-11-27-19-8-6-16(12-22-19)24-18(25)7-9-20-23-13-17(28-20)14-2-4-15(21)5-3-14/h2-6,8,12-13H,7,9-11H2,1H3,(H,24,25). The lowest BCUT2D eigenvalue weighted by molar-refractivity contribution is -0.116. The molecule has 146 valence electrons. The quantitative estimate of drug-likeness (QED) is 0.545. The van der Waals surface area contributed by atoms with Crippen LogP contribution in [0.5, 0.6) is 5.88 Å². The summed E-state index contributed by atoms with van der Waals surface area (Å²) in [5.74, 6) is 1.46. The number of pyridine rings is 1. The third kappa shape index (κ3) is 5.80.